The minimum atomic E-state index is -1.47. The van der Waals surface area contributed by atoms with Gasteiger partial charge in [0.1, 0.15) is 11.4 Å². The van der Waals surface area contributed by atoms with E-state index in [0.29, 0.717) is 50.5 Å². The van der Waals surface area contributed by atoms with Crippen molar-refractivity contribution >= 4 is 28.5 Å². The number of aromatic nitrogens is 5. The smallest absolute Gasteiger partial charge is 0.347 e. The second kappa shape index (κ2) is 14.3. The van der Waals surface area contributed by atoms with Crippen molar-refractivity contribution in [1.82, 2.24) is 28.5 Å². The van der Waals surface area contributed by atoms with Crippen molar-refractivity contribution in [3.8, 4) is 17.2 Å². The number of phenols is 1. The Hall–Kier alpha value is -7.16. The summed E-state index contributed by atoms with van der Waals surface area (Å²) in [5.41, 5.74) is 5.34. The number of amides is 2. The molecule has 0 bridgehead atoms. The number of phenolic OH excluding ortho intramolecular Hbond substituents is 1. The quantitative estimate of drug-likeness (QED) is 0.159. The van der Waals surface area contributed by atoms with E-state index in [4.69, 9.17) is 9.47 Å². The number of nitrogens with one attached hydrogen (secondary N) is 1. The van der Waals surface area contributed by atoms with E-state index in [1.807, 2.05) is 61.5 Å². The van der Waals surface area contributed by atoms with Crippen LogP contribution >= 0.6 is 0 Å². The third-order valence-electron chi connectivity index (χ3n) is 12.5. The SMILES string of the molecule is COc1cc2nc(CCn3c(=O)n4n(c3=O)C3CC5C(=O)N(Nc6ccc(C)cc6)C(=O)C5(c5ccccc5)C(c5ccc(O)c(C)c5)C3=CC4)c(=O)n(C)c2cc1OC. The Bertz CT molecular complexity index is 2960. The van der Waals surface area contributed by atoms with Gasteiger partial charge in [-0.1, -0.05) is 66.2 Å². The number of carbonyl (C=O) groups is 2. The summed E-state index contributed by atoms with van der Waals surface area (Å²) < 4.78 is 16.2. The molecule has 9 rings (SSSR count). The topological polar surface area (TPSA) is 172 Å². The number of anilines is 1. The summed E-state index contributed by atoms with van der Waals surface area (Å²) in [6, 6.07) is 24.3. The van der Waals surface area contributed by atoms with Gasteiger partial charge < -0.3 is 19.1 Å². The van der Waals surface area contributed by atoms with Crippen molar-refractivity contribution in [3.63, 3.8) is 0 Å². The molecule has 306 valence electrons. The average Bonchev–Trinajstić information content (AvgIpc) is 3.63. The van der Waals surface area contributed by atoms with E-state index < -0.39 is 46.5 Å². The molecule has 1 saturated carbocycles. The van der Waals surface area contributed by atoms with E-state index in [2.05, 4.69) is 10.4 Å². The first-order valence-electron chi connectivity index (χ1n) is 19.7. The summed E-state index contributed by atoms with van der Waals surface area (Å²) in [4.78, 5) is 77.2. The summed E-state index contributed by atoms with van der Waals surface area (Å²) in [6.07, 6.45) is 1.90. The van der Waals surface area contributed by atoms with E-state index in [1.165, 1.54) is 28.2 Å². The number of methoxy groups -OCH3 is 2. The molecular formula is C45H43N7O8. The van der Waals surface area contributed by atoms with Crippen LogP contribution in [0.25, 0.3) is 11.0 Å². The maximum Gasteiger partial charge on any atom is 0.347 e. The van der Waals surface area contributed by atoms with Crippen LogP contribution in [0.2, 0.25) is 0 Å². The molecule has 60 heavy (non-hydrogen) atoms. The van der Waals surface area contributed by atoms with Gasteiger partial charge in [0, 0.05) is 38.1 Å². The Morgan fingerprint density at radius 1 is 0.883 bits per heavy atom. The monoisotopic (exact) mass is 809 g/mol. The third-order valence-corrected chi connectivity index (χ3v) is 12.5. The molecule has 2 fully saturated rings. The lowest BCUT2D eigenvalue weighted by atomic mass is 9.53. The van der Waals surface area contributed by atoms with Crippen LogP contribution in [0.3, 0.4) is 0 Å². The van der Waals surface area contributed by atoms with E-state index in [0.717, 1.165) is 15.1 Å². The molecule has 1 aliphatic carbocycles. The van der Waals surface area contributed by atoms with Gasteiger partial charge >= 0.3 is 11.4 Å². The predicted molar refractivity (Wildman–Crippen MR) is 222 cm³/mol. The van der Waals surface area contributed by atoms with Crippen molar-refractivity contribution < 1.29 is 24.2 Å². The van der Waals surface area contributed by atoms with Crippen molar-refractivity contribution in [3.05, 3.63) is 156 Å². The van der Waals surface area contributed by atoms with Crippen LogP contribution in [-0.4, -0.2) is 59.6 Å². The molecule has 4 heterocycles. The number of imide groups is 1. The summed E-state index contributed by atoms with van der Waals surface area (Å²) >= 11 is 0. The van der Waals surface area contributed by atoms with E-state index in [1.54, 1.807) is 50.4 Å². The molecular weight excluding hydrogens is 767 g/mol. The summed E-state index contributed by atoms with van der Waals surface area (Å²) in [7, 11) is 4.62. The second-order valence-corrected chi connectivity index (χ2v) is 15.7. The Morgan fingerprint density at radius 3 is 2.30 bits per heavy atom. The van der Waals surface area contributed by atoms with Gasteiger partial charge in [0.2, 0.25) is 0 Å². The van der Waals surface area contributed by atoms with Crippen LogP contribution in [0.15, 0.2) is 111 Å². The fourth-order valence-corrected chi connectivity index (χ4v) is 9.57. The lowest BCUT2D eigenvalue weighted by molar-refractivity contribution is -0.138. The molecule has 2 amide bonds. The van der Waals surface area contributed by atoms with Crippen LogP contribution < -0.4 is 31.8 Å². The average molecular weight is 810 g/mol. The fraction of sp³-hybridized carbons (Fsp3) is 0.289. The van der Waals surface area contributed by atoms with Gasteiger partial charge in [-0.15, -0.1) is 0 Å². The van der Waals surface area contributed by atoms with E-state index >= 15 is 4.79 Å². The van der Waals surface area contributed by atoms with Gasteiger partial charge in [-0.3, -0.25) is 19.8 Å². The lowest BCUT2D eigenvalue weighted by Gasteiger charge is -2.49. The molecule has 2 aromatic heterocycles. The summed E-state index contributed by atoms with van der Waals surface area (Å²) in [5.74, 6) is -1.75. The normalized spacial score (nSPS) is 20.7. The number of nitrogens with zero attached hydrogens (tertiary/aromatic N) is 6. The fourth-order valence-electron chi connectivity index (χ4n) is 9.57. The number of hydrogen-bond donors (Lipinski definition) is 2. The molecule has 3 aliphatic rings. The van der Waals surface area contributed by atoms with Crippen molar-refractivity contribution in [2.24, 2.45) is 13.0 Å². The molecule has 1 saturated heterocycles. The van der Waals surface area contributed by atoms with Crippen molar-refractivity contribution in [1.29, 1.82) is 0 Å². The number of aryl methyl sites for hydroxylation is 4. The molecule has 4 unspecified atom stereocenters. The largest absolute Gasteiger partial charge is 0.508 e. The molecule has 4 aromatic carbocycles. The lowest BCUT2D eigenvalue weighted by Crippen LogP contribution is -2.53. The van der Waals surface area contributed by atoms with Crippen LogP contribution in [0.5, 0.6) is 17.2 Å². The van der Waals surface area contributed by atoms with E-state index in [9.17, 15) is 24.3 Å². The van der Waals surface area contributed by atoms with Gasteiger partial charge in [0.05, 0.1) is 54.9 Å². The molecule has 2 aliphatic heterocycles. The number of fused-ring (bicyclic) bond motifs is 5. The number of benzene rings is 4. The molecule has 4 atom stereocenters. The van der Waals surface area contributed by atoms with Gasteiger partial charge in [0.15, 0.2) is 11.5 Å². The molecule has 0 spiro atoms. The maximum atomic E-state index is 15.3. The van der Waals surface area contributed by atoms with Crippen LogP contribution in [0.1, 0.15) is 46.3 Å². The van der Waals surface area contributed by atoms with Crippen LogP contribution in [0.4, 0.5) is 5.69 Å². The van der Waals surface area contributed by atoms with Crippen LogP contribution in [-0.2, 0) is 41.6 Å². The third kappa shape index (κ3) is 5.62. The molecule has 15 nitrogen and oxygen atoms in total. The zero-order valence-electron chi connectivity index (χ0n) is 33.7. The zero-order chi connectivity index (χ0) is 42.2. The minimum Gasteiger partial charge on any atom is -0.508 e. The van der Waals surface area contributed by atoms with Crippen LogP contribution in [0, 0.1) is 19.8 Å². The molecule has 6 aromatic rings. The van der Waals surface area contributed by atoms with Crippen molar-refractivity contribution in [2.75, 3.05) is 19.6 Å². The number of allylic oxidation sites excluding steroid dienone is 2. The number of carbonyl (C=O) groups excluding carboxylic acids is 2. The Labute approximate surface area is 343 Å². The van der Waals surface area contributed by atoms with Crippen molar-refractivity contribution in [2.45, 2.75) is 57.2 Å². The first kappa shape index (κ1) is 38.4. The molecule has 2 N–H and O–H groups in total. The van der Waals surface area contributed by atoms with E-state index in [-0.39, 0.29) is 42.9 Å². The molecule has 15 heteroatoms. The summed E-state index contributed by atoms with van der Waals surface area (Å²) in [6.45, 7) is 3.58. The predicted octanol–water partition coefficient (Wildman–Crippen LogP) is 4.26. The highest BCUT2D eigenvalue weighted by atomic mass is 16.5. The standard InChI is InChI=1S/C45H43N7O8/c1-25-11-14-29(15-12-25)47-51-40(54)31-22-34-30(39(27-13-16-36(53)26(2)21-27)45(31,42(51)56)28-9-7-6-8-10-28)17-20-50-43(57)49(44(58)52(34)50)19-18-32-41(55)48(3)35-24-38(60-5)37(59-4)23-33(35)46-32/h6-17,21,23-24,31,34,39,47,53H,18-20,22H2,1-5H3. The number of hydrazine groups is 1. The summed E-state index contributed by atoms with van der Waals surface area (Å²) in [5, 5.41) is 11.8. The highest BCUT2D eigenvalue weighted by Crippen LogP contribution is 2.62. The van der Waals surface area contributed by atoms with Gasteiger partial charge in [-0.2, -0.15) is 5.01 Å². The van der Waals surface area contributed by atoms with Gasteiger partial charge in [-0.25, -0.2) is 28.5 Å². The zero-order valence-corrected chi connectivity index (χ0v) is 33.7. The molecule has 0 radical (unpaired) electrons. The number of aromatic hydroxyl groups is 1. The Kier molecular flexibility index (Phi) is 9.14. The maximum absolute atomic E-state index is 15.3. The number of hydrogen-bond acceptors (Lipinski definition) is 10. The van der Waals surface area contributed by atoms with Gasteiger partial charge in [-0.05, 0) is 60.7 Å². The Balaban J connectivity index is 1.16. The second-order valence-electron chi connectivity index (χ2n) is 15.7. The first-order chi connectivity index (χ1) is 28.9. The Morgan fingerprint density at radius 2 is 1.60 bits per heavy atom. The highest BCUT2D eigenvalue weighted by molar-refractivity contribution is 6.12. The minimum absolute atomic E-state index is 0.0150. The number of rotatable bonds is 9. The first-order valence-corrected chi connectivity index (χ1v) is 19.7. The highest BCUT2D eigenvalue weighted by Gasteiger charge is 2.68. The number of ether oxygens (including phenoxy) is 2. The van der Waals surface area contributed by atoms with Gasteiger partial charge in [0.25, 0.3) is 17.4 Å².